The van der Waals surface area contributed by atoms with Gasteiger partial charge in [-0.15, -0.1) is 0 Å². The Balaban J connectivity index is 2.77. The maximum atomic E-state index is 12.0. The maximum absolute atomic E-state index is 12.0. The summed E-state index contributed by atoms with van der Waals surface area (Å²) >= 11 is 0. The van der Waals surface area contributed by atoms with E-state index in [1.807, 2.05) is 0 Å². The van der Waals surface area contributed by atoms with Crippen LogP contribution >= 0.6 is 10.7 Å². The number of carbonyl (C=O) groups excluding carboxylic acids is 1. The van der Waals surface area contributed by atoms with Crippen LogP contribution in [0.25, 0.3) is 0 Å². The molecule has 0 saturated carbocycles. The molecule has 1 aromatic rings. The Kier molecular flexibility index (Phi) is 5.04. The fourth-order valence-electron chi connectivity index (χ4n) is 1.40. The van der Waals surface area contributed by atoms with Gasteiger partial charge in [0.1, 0.15) is 0 Å². The van der Waals surface area contributed by atoms with Crippen LogP contribution in [0, 0.1) is 6.92 Å². The van der Waals surface area contributed by atoms with E-state index in [1.54, 1.807) is 0 Å². The van der Waals surface area contributed by atoms with Crippen LogP contribution in [0.4, 0.5) is 18.9 Å². The molecule has 0 heterocycles. The highest BCUT2D eigenvalue weighted by Crippen LogP contribution is 2.24. The van der Waals surface area contributed by atoms with Crippen LogP contribution in [0.15, 0.2) is 23.1 Å². The van der Waals surface area contributed by atoms with Crippen LogP contribution in [0.5, 0.6) is 0 Å². The molecule has 1 rings (SSSR count). The molecule has 0 aliphatic rings. The van der Waals surface area contributed by atoms with Crippen molar-refractivity contribution in [2.24, 2.45) is 0 Å². The van der Waals surface area contributed by atoms with E-state index in [0.717, 1.165) is 6.07 Å². The molecule has 0 aliphatic carbocycles. The summed E-state index contributed by atoms with van der Waals surface area (Å²) in [5.74, 6) is -0.799. The van der Waals surface area contributed by atoms with Gasteiger partial charge in [0.2, 0.25) is 5.91 Å². The van der Waals surface area contributed by atoms with Crippen molar-refractivity contribution in [3.05, 3.63) is 23.8 Å². The number of alkyl halides is 3. The first-order valence-corrected chi connectivity index (χ1v) is 7.72. The molecule has 1 N–H and O–H groups in total. The quantitative estimate of drug-likeness (QED) is 0.863. The molecule has 112 valence electrons. The lowest BCUT2D eigenvalue weighted by Gasteiger charge is -2.10. The van der Waals surface area contributed by atoms with Gasteiger partial charge in [0.25, 0.3) is 9.05 Å². The number of halogens is 4. The number of hydrogen-bond donors (Lipinski definition) is 1. The van der Waals surface area contributed by atoms with Crippen molar-refractivity contribution in [2.45, 2.75) is 30.8 Å². The number of aryl methyl sites for hydroxylation is 1. The largest absolute Gasteiger partial charge is 0.389 e. The molecule has 0 atom stereocenters. The first-order chi connectivity index (χ1) is 8.99. The summed E-state index contributed by atoms with van der Waals surface area (Å²) in [6.07, 6.45) is -6.31. The van der Waals surface area contributed by atoms with Gasteiger partial charge in [0.15, 0.2) is 0 Å². The van der Waals surface area contributed by atoms with Crippen molar-refractivity contribution in [1.82, 2.24) is 0 Å². The zero-order valence-electron chi connectivity index (χ0n) is 10.3. The zero-order chi connectivity index (χ0) is 15.6. The summed E-state index contributed by atoms with van der Waals surface area (Å²) < 4.78 is 58.0. The minimum absolute atomic E-state index is 0.148. The predicted molar refractivity (Wildman–Crippen MR) is 68.1 cm³/mol. The van der Waals surface area contributed by atoms with Crippen molar-refractivity contribution >= 4 is 31.3 Å². The van der Waals surface area contributed by atoms with Gasteiger partial charge in [-0.2, -0.15) is 13.2 Å². The minimum Gasteiger partial charge on any atom is -0.326 e. The molecule has 0 fully saturated rings. The van der Waals surface area contributed by atoms with E-state index >= 15 is 0 Å². The number of anilines is 1. The summed E-state index contributed by atoms with van der Waals surface area (Å²) in [6.45, 7) is 1.50. The second-order valence-electron chi connectivity index (χ2n) is 4.08. The highest BCUT2D eigenvalue weighted by atomic mass is 35.7. The second kappa shape index (κ2) is 6.01. The topological polar surface area (TPSA) is 63.2 Å². The van der Waals surface area contributed by atoms with Crippen LogP contribution in [-0.4, -0.2) is 20.5 Å². The average Bonchev–Trinajstić information content (AvgIpc) is 2.27. The fourth-order valence-corrected chi connectivity index (χ4v) is 2.23. The highest BCUT2D eigenvalue weighted by Gasteiger charge is 2.28. The molecule has 0 bridgehead atoms. The number of benzene rings is 1. The summed E-state index contributed by atoms with van der Waals surface area (Å²) in [4.78, 5) is 11.2. The van der Waals surface area contributed by atoms with E-state index < -0.39 is 34.0 Å². The molecule has 0 radical (unpaired) electrons. The molecule has 0 aliphatic heterocycles. The van der Waals surface area contributed by atoms with E-state index in [4.69, 9.17) is 10.7 Å². The Labute approximate surface area is 118 Å². The first-order valence-electron chi connectivity index (χ1n) is 5.41. The van der Waals surface area contributed by atoms with Crippen LogP contribution < -0.4 is 5.32 Å². The van der Waals surface area contributed by atoms with Crippen LogP contribution in [-0.2, 0) is 13.8 Å². The van der Waals surface area contributed by atoms with Crippen molar-refractivity contribution < 1.29 is 26.4 Å². The predicted octanol–water partition coefficient (Wildman–Crippen LogP) is 3.20. The van der Waals surface area contributed by atoms with Gasteiger partial charge in [0.05, 0.1) is 11.3 Å². The summed E-state index contributed by atoms with van der Waals surface area (Å²) in [5.41, 5.74) is 0.619. The lowest BCUT2D eigenvalue weighted by atomic mass is 10.2. The van der Waals surface area contributed by atoms with E-state index in [0.29, 0.717) is 5.56 Å². The normalized spacial score (nSPS) is 12.2. The van der Waals surface area contributed by atoms with Gasteiger partial charge in [-0.3, -0.25) is 4.79 Å². The van der Waals surface area contributed by atoms with Crippen molar-refractivity contribution in [1.29, 1.82) is 0 Å². The molecule has 20 heavy (non-hydrogen) atoms. The van der Waals surface area contributed by atoms with E-state index in [2.05, 4.69) is 5.32 Å². The standard InChI is InChI=1S/C11H11ClF3NO3S/c1-7-6-8(20(12,18)19)2-3-9(7)16-10(17)4-5-11(13,14)15/h2-3,6H,4-5H2,1H3,(H,16,17). The van der Waals surface area contributed by atoms with Crippen LogP contribution in [0.2, 0.25) is 0 Å². The monoisotopic (exact) mass is 329 g/mol. The van der Waals surface area contributed by atoms with Gasteiger partial charge in [-0.05, 0) is 30.7 Å². The molecule has 0 spiro atoms. The third kappa shape index (κ3) is 5.38. The van der Waals surface area contributed by atoms with Gasteiger partial charge in [-0.1, -0.05) is 0 Å². The second-order valence-corrected chi connectivity index (χ2v) is 6.64. The average molecular weight is 330 g/mol. The molecule has 0 saturated heterocycles. The van der Waals surface area contributed by atoms with E-state index in [1.165, 1.54) is 19.1 Å². The number of hydrogen-bond acceptors (Lipinski definition) is 3. The molecule has 4 nitrogen and oxygen atoms in total. The van der Waals surface area contributed by atoms with Gasteiger partial charge >= 0.3 is 6.18 Å². The van der Waals surface area contributed by atoms with Crippen molar-refractivity contribution in [3.8, 4) is 0 Å². The summed E-state index contributed by atoms with van der Waals surface area (Å²) in [6, 6.07) is 3.66. The van der Waals surface area contributed by atoms with Crippen molar-refractivity contribution in [2.75, 3.05) is 5.32 Å². The maximum Gasteiger partial charge on any atom is 0.389 e. The SMILES string of the molecule is Cc1cc(S(=O)(=O)Cl)ccc1NC(=O)CCC(F)(F)F. The Morgan fingerprint density at radius 2 is 1.95 bits per heavy atom. The minimum atomic E-state index is -4.40. The molecule has 1 amide bonds. The number of nitrogens with one attached hydrogen (secondary N) is 1. The number of amides is 1. The Hall–Kier alpha value is -1.28. The lowest BCUT2D eigenvalue weighted by molar-refractivity contribution is -0.142. The van der Waals surface area contributed by atoms with Gasteiger partial charge < -0.3 is 5.32 Å². The van der Waals surface area contributed by atoms with Gasteiger partial charge in [0, 0.05) is 22.8 Å². The van der Waals surface area contributed by atoms with Crippen molar-refractivity contribution in [3.63, 3.8) is 0 Å². The van der Waals surface area contributed by atoms with Crippen LogP contribution in [0.3, 0.4) is 0 Å². The molecule has 1 aromatic carbocycles. The molecule has 0 unspecified atom stereocenters. The summed E-state index contributed by atoms with van der Waals surface area (Å²) in [7, 11) is 1.26. The first kappa shape index (κ1) is 16.8. The lowest BCUT2D eigenvalue weighted by Crippen LogP contribution is -2.17. The Bertz CT molecular complexity index is 614. The van der Waals surface area contributed by atoms with E-state index in [-0.39, 0.29) is 10.6 Å². The van der Waals surface area contributed by atoms with Gasteiger partial charge in [-0.25, -0.2) is 8.42 Å². The zero-order valence-corrected chi connectivity index (χ0v) is 11.9. The third-order valence-corrected chi connectivity index (χ3v) is 3.74. The fraction of sp³-hybridized carbons (Fsp3) is 0.364. The van der Waals surface area contributed by atoms with E-state index in [9.17, 15) is 26.4 Å². The molecular formula is C11H11ClF3NO3S. The van der Waals surface area contributed by atoms with Crippen LogP contribution in [0.1, 0.15) is 18.4 Å². The smallest absolute Gasteiger partial charge is 0.326 e. The molecule has 0 aromatic heterocycles. The number of carbonyl (C=O) groups is 1. The third-order valence-electron chi connectivity index (χ3n) is 2.39. The summed E-state index contributed by atoms with van der Waals surface area (Å²) in [5, 5.41) is 2.28. The number of rotatable bonds is 4. The molecule has 9 heteroatoms. The Morgan fingerprint density at radius 3 is 2.40 bits per heavy atom. The molecular weight excluding hydrogens is 319 g/mol. The highest BCUT2D eigenvalue weighted by molar-refractivity contribution is 8.13. The Morgan fingerprint density at radius 1 is 1.35 bits per heavy atom.